The Morgan fingerprint density at radius 2 is 2.05 bits per heavy atom. The highest BCUT2D eigenvalue weighted by atomic mass is 16.5. The molecule has 20 heavy (non-hydrogen) atoms. The standard InChI is InChI=1S/C17H24N2O/c1-3-15-6-9-17(13(15)2)19-12-14-4-7-16(8-5-14)20-11-10-18/h4-5,7-8,13,15,17,19H,3,6,9,11-12H2,1-2H3. The van der Waals surface area contributed by atoms with E-state index < -0.39 is 0 Å². The molecule has 0 spiro atoms. The molecule has 3 heteroatoms. The maximum Gasteiger partial charge on any atom is 0.174 e. The van der Waals surface area contributed by atoms with Gasteiger partial charge in [-0.25, -0.2) is 0 Å². The number of hydrogen-bond acceptors (Lipinski definition) is 3. The van der Waals surface area contributed by atoms with Crippen LogP contribution in [0.25, 0.3) is 0 Å². The quantitative estimate of drug-likeness (QED) is 0.862. The van der Waals surface area contributed by atoms with Crippen LogP contribution in [0.4, 0.5) is 0 Å². The van der Waals surface area contributed by atoms with Gasteiger partial charge in [-0.2, -0.15) is 5.26 Å². The van der Waals surface area contributed by atoms with Crippen LogP contribution in [0.1, 0.15) is 38.7 Å². The molecule has 0 amide bonds. The van der Waals surface area contributed by atoms with Gasteiger partial charge < -0.3 is 10.1 Å². The van der Waals surface area contributed by atoms with Gasteiger partial charge in [0.1, 0.15) is 11.8 Å². The van der Waals surface area contributed by atoms with E-state index in [1.165, 1.54) is 24.8 Å². The molecule has 1 N–H and O–H groups in total. The van der Waals surface area contributed by atoms with Gasteiger partial charge in [0.05, 0.1) is 0 Å². The molecular weight excluding hydrogens is 248 g/mol. The maximum atomic E-state index is 8.47. The van der Waals surface area contributed by atoms with Crippen LogP contribution in [0.5, 0.6) is 5.75 Å². The lowest BCUT2D eigenvalue weighted by molar-refractivity contribution is 0.344. The monoisotopic (exact) mass is 272 g/mol. The summed E-state index contributed by atoms with van der Waals surface area (Å²) in [7, 11) is 0. The van der Waals surface area contributed by atoms with Crippen molar-refractivity contribution < 1.29 is 4.74 Å². The third-order valence-corrected chi connectivity index (χ3v) is 4.55. The van der Waals surface area contributed by atoms with Crippen molar-refractivity contribution >= 4 is 0 Å². The summed E-state index contributed by atoms with van der Waals surface area (Å²) in [6.07, 6.45) is 3.95. The van der Waals surface area contributed by atoms with Crippen LogP contribution in [0.15, 0.2) is 24.3 Å². The molecule has 1 saturated carbocycles. The zero-order valence-corrected chi connectivity index (χ0v) is 12.4. The molecule has 1 aliphatic carbocycles. The molecule has 0 saturated heterocycles. The minimum atomic E-state index is 0.107. The first kappa shape index (κ1) is 14.9. The van der Waals surface area contributed by atoms with E-state index in [0.29, 0.717) is 6.04 Å². The maximum absolute atomic E-state index is 8.47. The van der Waals surface area contributed by atoms with Crippen LogP contribution < -0.4 is 10.1 Å². The molecule has 0 aliphatic heterocycles. The SMILES string of the molecule is CCC1CCC(NCc2ccc(OCC#N)cc2)C1C. The Balaban J connectivity index is 1.81. The Labute approximate surface area is 121 Å². The Morgan fingerprint density at radius 3 is 2.65 bits per heavy atom. The molecule has 1 fully saturated rings. The van der Waals surface area contributed by atoms with E-state index in [9.17, 15) is 0 Å². The van der Waals surface area contributed by atoms with Crippen LogP contribution in [0.3, 0.4) is 0 Å². The third kappa shape index (κ3) is 3.74. The molecular formula is C17H24N2O. The summed E-state index contributed by atoms with van der Waals surface area (Å²) < 4.78 is 5.25. The summed E-state index contributed by atoms with van der Waals surface area (Å²) in [5.74, 6) is 2.42. The van der Waals surface area contributed by atoms with Gasteiger partial charge >= 0.3 is 0 Å². The van der Waals surface area contributed by atoms with Gasteiger partial charge in [-0.15, -0.1) is 0 Å². The second kappa shape index (κ2) is 7.31. The predicted molar refractivity (Wildman–Crippen MR) is 80.4 cm³/mol. The van der Waals surface area contributed by atoms with E-state index in [0.717, 1.165) is 24.1 Å². The highest BCUT2D eigenvalue weighted by Crippen LogP contribution is 2.33. The van der Waals surface area contributed by atoms with Gasteiger partial charge in [-0.05, 0) is 42.4 Å². The highest BCUT2D eigenvalue weighted by molar-refractivity contribution is 5.27. The lowest BCUT2D eigenvalue weighted by Gasteiger charge is -2.21. The van der Waals surface area contributed by atoms with Crippen LogP contribution in [-0.2, 0) is 6.54 Å². The van der Waals surface area contributed by atoms with Crippen molar-refractivity contribution in [2.24, 2.45) is 11.8 Å². The molecule has 0 aromatic heterocycles. The highest BCUT2D eigenvalue weighted by Gasteiger charge is 2.30. The predicted octanol–water partition coefficient (Wildman–Crippen LogP) is 3.50. The zero-order valence-electron chi connectivity index (χ0n) is 12.4. The largest absolute Gasteiger partial charge is 0.479 e. The first-order valence-corrected chi connectivity index (χ1v) is 7.56. The number of nitriles is 1. The summed E-state index contributed by atoms with van der Waals surface area (Å²) in [5, 5.41) is 12.2. The Hall–Kier alpha value is -1.53. The van der Waals surface area contributed by atoms with Crippen molar-refractivity contribution in [3.8, 4) is 11.8 Å². The lowest BCUT2D eigenvalue weighted by Crippen LogP contribution is -2.32. The average Bonchev–Trinajstić information content (AvgIpc) is 2.84. The van der Waals surface area contributed by atoms with E-state index in [1.807, 2.05) is 18.2 Å². The number of ether oxygens (including phenoxy) is 1. The molecule has 3 unspecified atom stereocenters. The van der Waals surface area contributed by atoms with E-state index in [2.05, 4.69) is 31.3 Å². The molecule has 1 aliphatic rings. The smallest absolute Gasteiger partial charge is 0.174 e. The van der Waals surface area contributed by atoms with Crippen LogP contribution in [0.2, 0.25) is 0 Å². The van der Waals surface area contributed by atoms with E-state index in [4.69, 9.17) is 10.00 Å². The van der Waals surface area contributed by atoms with Gasteiger partial charge in [0.15, 0.2) is 6.61 Å². The number of nitrogens with zero attached hydrogens (tertiary/aromatic N) is 1. The fraction of sp³-hybridized carbons (Fsp3) is 0.588. The molecule has 108 valence electrons. The first-order valence-electron chi connectivity index (χ1n) is 7.56. The summed E-state index contributed by atoms with van der Waals surface area (Å²) in [6, 6.07) is 10.6. The molecule has 1 aromatic rings. The van der Waals surface area contributed by atoms with E-state index in [1.54, 1.807) is 0 Å². The van der Waals surface area contributed by atoms with E-state index >= 15 is 0 Å². The van der Waals surface area contributed by atoms with Gasteiger partial charge in [0.25, 0.3) is 0 Å². The van der Waals surface area contributed by atoms with Crippen molar-refractivity contribution in [2.45, 2.75) is 45.7 Å². The minimum absolute atomic E-state index is 0.107. The Morgan fingerprint density at radius 1 is 1.30 bits per heavy atom. The van der Waals surface area contributed by atoms with Crippen molar-refractivity contribution in [3.63, 3.8) is 0 Å². The zero-order chi connectivity index (χ0) is 14.4. The van der Waals surface area contributed by atoms with Gasteiger partial charge in [-0.1, -0.05) is 32.4 Å². The minimum Gasteiger partial charge on any atom is -0.479 e. The van der Waals surface area contributed by atoms with Crippen molar-refractivity contribution in [2.75, 3.05) is 6.61 Å². The van der Waals surface area contributed by atoms with Gasteiger partial charge in [0.2, 0.25) is 0 Å². The third-order valence-electron chi connectivity index (χ3n) is 4.55. The van der Waals surface area contributed by atoms with Gasteiger partial charge in [-0.3, -0.25) is 0 Å². The van der Waals surface area contributed by atoms with E-state index in [-0.39, 0.29) is 6.61 Å². The van der Waals surface area contributed by atoms with Crippen LogP contribution in [0, 0.1) is 23.2 Å². The Bertz CT molecular complexity index is 449. The van der Waals surface area contributed by atoms with Gasteiger partial charge in [0, 0.05) is 12.6 Å². The fourth-order valence-corrected chi connectivity index (χ4v) is 3.18. The molecule has 0 heterocycles. The van der Waals surface area contributed by atoms with Crippen molar-refractivity contribution in [1.82, 2.24) is 5.32 Å². The lowest BCUT2D eigenvalue weighted by atomic mass is 9.93. The summed E-state index contributed by atoms with van der Waals surface area (Å²) in [6.45, 7) is 5.68. The number of benzene rings is 1. The van der Waals surface area contributed by atoms with Crippen LogP contribution in [-0.4, -0.2) is 12.6 Å². The Kier molecular flexibility index (Phi) is 5.43. The summed E-state index contributed by atoms with van der Waals surface area (Å²) in [4.78, 5) is 0. The number of hydrogen-bond donors (Lipinski definition) is 1. The average molecular weight is 272 g/mol. The second-order valence-electron chi connectivity index (χ2n) is 5.68. The second-order valence-corrected chi connectivity index (χ2v) is 5.68. The molecule has 3 atom stereocenters. The summed E-state index contributed by atoms with van der Waals surface area (Å²) >= 11 is 0. The molecule has 0 bridgehead atoms. The topological polar surface area (TPSA) is 45.0 Å². The fourth-order valence-electron chi connectivity index (χ4n) is 3.18. The first-order chi connectivity index (χ1) is 9.74. The molecule has 0 radical (unpaired) electrons. The van der Waals surface area contributed by atoms with Crippen molar-refractivity contribution in [1.29, 1.82) is 5.26 Å². The van der Waals surface area contributed by atoms with Crippen molar-refractivity contribution in [3.05, 3.63) is 29.8 Å². The molecule has 3 nitrogen and oxygen atoms in total. The van der Waals surface area contributed by atoms with Crippen LogP contribution >= 0.6 is 0 Å². The molecule has 2 rings (SSSR count). The summed E-state index contributed by atoms with van der Waals surface area (Å²) in [5.41, 5.74) is 1.27. The number of rotatable bonds is 6. The number of nitrogens with one attached hydrogen (secondary N) is 1. The molecule has 1 aromatic carbocycles. The normalized spacial score (nSPS) is 25.4.